The summed E-state index contributed by atoms with van der Waals surface area (Å²) in [6.45, 7) is 1.18. The number of morpholine rings is 1. The van der Waals surface area contributed by atoms with Gasteiger partial charge in [-0.15, -0.1) is 0 Å². The second-order valence-corrected chi connectivity index (χ2v) is 8.00. The van der Waals surface area contributed by atoms with Crippen LogP contribution in [0.4, 0.5) is 18.0 Å². The van der Waals surface area contributed by atoms with E-state index in [-0.39, 0.29) is 34.4 Å². The van der Waals surface area contributed by atoms with Crippen molar-refractivity contribution >= 4 is 34.9 Å². The van der Waals surface area contributed by atoms with Gasteiger partial charge in [0.2, 0.25) is 5.91 Å². The molecular formula is C21H17F3N2O5S. The number of ether oxygens (including phenoxy) is 1. The molecule has 0 radical (unpaired) electrons. The number of alkyl halides is 3. The molecule has 0 unspecified atom stereocenters. The zero-order valence-electron chi connectivity index (χ0n) is 16.6. The summed E-state index contributed by atoms with van der Waals surface area (Å²) in [4.78, 5) is 39.6. The summed E-state index contributed by atoms with van der Waals surface area (Å²) in [5.74, 6) is -0.927. The number of halogens is 3. The lowest BCUT2D eigenvalue weighted by atomic mass is 10.1. The fourth-order valence-electron chi connectivity index (χ4n) is 3.33. The number of hydrogen-bond donors (Lipinski definition) is 0. The van der Waals surface area contributed by atoms with Crippen molar-refractivity contribution in [1.29, 1.82) is 0 Å². The molecule has 0 N–H and O–H groups in total. The number of hydrogen-bond acceptors (Lipinski definition) is 6. The van der Waals surface area contributed by atoms with Gasteiger partial charge < -0.3 is 14.1 Å². The Morgan fingerprint density at radius 1 is 1.09 bits per heavy atom. The highest BCUT2D eigenvalue weighted by Crippen LogP contribution is 2.38. The molecule has 32 heavy (non-hydrogen) atoms. The number of benzene rings is 1. The number of amides is 3. The molecule has 1 aromatic carbocycles. The van der Waals surface area contributed by atoms with Gasteiger partial charge >= 0.3 is 6.18 Å². The highest BCUT2D eigenvalue weighted by molar-refractivity contribution is 8.18. The molecule has 0 bridgehead atoms. The fourth-order valence-corrected chi connectivity index (χ4v) is 4.15. The van der Waals surface area contributed by atoms with Crippen LogP contribution in [0.3, 0.4) is 0 Å². The molecule has 4 rings (SSSR count). The zero-order chi connectivity index (χ0) is 22.9. The zero-order valence-corrected chi connectivity index (χ0v) is 17.4. The molecule has 2 fully saturated rings. The van der Waals surface area contributed by atoms with Crippen LogP contribution in [0.5, 0.6) is 0 Å². The molecule has 0 spiro atoms. The second-order valence-electron chi connectivity index (χ2n) is 7.01. The van der Waals surface area contributed by atoms with E-state index in [1.165, 1.54) is 41.3 Å². The van der Waals surface area contributed by atoms with Crippen molar-refractivity contribution in [1.82, 2.24) is 9.80 Å². The maximum Gasteiger partial charge on any atom is 0.417 e. The average Bonchev–Trinajstić information content (AvgIpc) is 3.34. The van der Waals surface area contributed by atoms with Crippen molar-refractivity contribution < 1.29 is 36.7 Å². The quantitative estimate of drug-likeness (QED) is 0.637. The standard InChI is InChI=1S/C21H17F3N2O5S/c22-21(23,24)15-4-2-1-3-14(15)16-6-5-13(31-16)11-17-19(28)26(20(29)32-17)12-18(27)25-7-9-30-10-8-25/h1-6,11H,7-10,12H2/b17-11-. The predicted octanol–water partition coefficient (Wildman–Crippen LogP) is 3.86. The maximum atomic E-state index is 13.3. The number of furan rings is 1. The predicted molar refractivity (Wildman–Crippen MR) is 109 cm³/mol. The van der Waals surface area contributed by atoms with Gasteiger partial charge in [-0.05, 0) is 30.0 Å². The van der Waals surface area contributed by atoms with Gasteiger partial charge in [0.1, 0.15) is 18.1 Å². The number of imide groups is 1. The van der Waals surface area contributed by atoms with Crippen molar-refractivity contribution in [2.45, 2.75) is 6.18 Å². The van der Waals surface area contributed by atoms with E-state index in [1.54, 1.807) is 0 Å². The molecular weight excluding hydrogens is 449 g/mol. The van der Waals surface area contributed by atoms with E-state index in [0.29, 0.717) is 38.1 Å². The molecule has 2 saturated heterocycles. The molecule has 2 aromatic rings. The van der Waals surface area contributed by atoms with Gasteiger partial charge in [-0.25, -0.2) is 0 Å². The Bertz CT molecular complexity index is 1090. The molecule has 0 atom stereocenters. The topological polar surface area (TPSA) is 80.1 Å². The third-order valence-electron chi connectivity index (χ3n) is 4.93. The third-order valence-corrected chi connectivity index (χ3v) is 5.84. The molecule has 7 nitrogen and oxygen atoms in total. The van der Waals surface area contributed by atoms with E-state index in [2.05, 4.69) is 0 Å². The van der Waals surface area contributed by atoms with Crippen LogP contribution < -0.4 is 0 Å². The van der Waals surface area contributed by atoms with E-state index in [9.17, 15) is 27.6 Å². The first-order chi connectivity index (χ1) is 15.2. The Labute approximate surface area is 184 Å². The molecule has 0 aliphatic carbocycles. The van der Waals surface area contributed by atoms with Crippen LogP contribution in [0.2, 0.25) is 0 Å². The first-order valence-corrected chi connectivity index (χ1v) is 10.4. The Hall–Kier alpha value is -3.05. The molecule has 3 heterocycles. The summed E-state index contributed by atoms with van der Waals surface area (Å²) in [6, 6.07) is 7.76. The second kappa shape index (κ2) is 8.83. The highest BCUT2D eigenvalue weighted by atomic mass is 32.2. The van der Waals surface area contributed by atoms with Crippen LogP contribution in [0.15, 0.2) is 45.7 Å². The summed E-state index contributed by atoms with van der Waals surface area (Å²) in [7, 11) is 0. The lowest BCUT2D eigenvalue weighted by Crippen LogP contribution is -2.46. The third kappa shape index (κ3) is 4.58. The molecule has 3 amide bonds. The Kier molecular flexibility index (Phi) is 6.11. The minimum Gasteiger partial charge on any atom is -0.457 e. The number of rotatable bonds is 4. The lowest BCUT2D eigenvalue weighted by Gasteiger charge is -2.27. The minimum absolute atomic E-state index is 0.0223. The van der Waals surface area contributed by atoms with Crippen LogP contribution in [0.1, 0.15) is 11.3 Å². The summed E-state index contributed by atoms with van der Waals surface area (Å²) >= 11 is 0.641. The normalized spacial score (nSPS) is 18.7. The number of carbonyl (C=O) groups is 3. The minimum atomic E-state index is -4.56. The maximum absolute atomic E-state index is 13.3. The fraction of sp³-hybridized carbons (Fsp3) is 0.286. The Morgan fingerprint density at radius 3 is 2.53 bits per heavy atom. The van der Waals surface area contributed by atoms with Gasteiger partial charge in [0, 0.05) is 24.7 Å². The van der Waals surface area contributed by atoms with Crippen molar-refractivity contribution in [2.75, 3.05) is 32.8 Å². The van der Waals surface area contributed by atoms with Gasteiger partial charge in [0.25, 0.3) is 11.1 Å². The largest absolute Gasteiger partial charge is 0.457 e. The average molecular weight is 466 g/mol. The van der Waals surface area contributed by atoms with E-state index in [1.807, 2.05) is 0 Å². The van der Waals surface area contributed by atoms with Gasteiger partial charge in [-0.3, -0.25) is 19.3 Å². The lowest BCUT2D eigenvalue weighted by molar-refractivity contribution is -0.139. The van der Waals surface area contributed by atoms with Crippen LogP contribution in [0, 0.1) is 0 Å². The molecule has 2 aliphatic rings. The molecule has 0 saturated carbocycles. The van der Waals surface area contributed by atoms with Crippen molar-refractivity contribution in [3.63, 3.8) is 0 Å². The smallest absolute Gasteiger partial charge is 0.417 e. The Morgan fingerprint density at radius 2 is 1.81 bits per heavy atom. The summed E-state index contributed by atoms with van der Waals surface area (Å²) in [6.07, 6.45) is -3.27. The van der Waals surface area contributed by atoms with E-state index < -0.39 is 22.9 Å². The van der Waals surface area contributed by atoms with Crippen molar-refractivity contribution in [3.8, 4) is 11.3 Å². The number of thioether (sulfide) groups is 1. The molecule has 2 aliphatic heterocycles. The SMILES string of the molecule is O=C(CN1C(=O)S/C(=C\c2ccc(-c3ccccc3C(F)(F)F)o2)C1=O)N1CCOCC1. The van der Waals surface area contributed by atoms with E-state index >= 15 is 0 Å². The van der Waals surface area contributed by atoms with E-state index in [4.69, 9.17) is 9.15 Å². The monoisotopic (exact) mass is 466 g/mol. The molecule has 168 valence electrons. The Balaban J connectivity index is 1.51. The number of carbonyl (C=O) groups excluding carboxylic acids is 3. The van der Waals surface area contributed by atoms with Gasteiger partial charge in [0.05, 0.1) is 23.7 Å². The molecule has 1 aromatic heterocycles. The first kappa shape index (κ1) is 22.2. The highest BCUT2D eigenvalue weighted by Gasteiger charge is 2.38. The van der Waals surface area contributed by atoms with Gasteiger partial charge in [-0.1, -0.05) is 18.2 Å². The number of nitrogens with zero attached hydrogens (tertiary/aromatic N) is 2. The van der Waals surface area contributed by atoms with E-state index in [0.717, 1.165) is 11.0 Å². The van der Waals surface area contributed by atoms with Crippen LogP contribution >= 0.6 is 11.8 Å². The van der Waals surface area contributed by atoms with Crippen LogP contribution in [0.25, 0.3) is 17.4 Å². The molecule has 11 heteroatoms. The van der Waals surface area contributed by atoms with Crippen molar-refractivity contribution in [3.05, 3.63) is 52.6 Å². The summed E-state index contributed by atoms with van der Waals surface area (Å²) < 4.78 is 50.5. The van der Waals surface area contributed by atoms with Crippen molar-refractivity contribution in [2.24, 2.45) is 0 Å². The first-order valence-electron chi connectivity index (χ1n) is 9.61. The van der Waals surface area contributed by atoms with Gasteiger partial charge in [0.15, 0.2) is 0 Å². The summed E-state index contributed by atoms with van der Waals surface area (Å²) in [5, 5.41) is -0.600. The van der Waals surface area contributed by atoms with Crippen LogP contribution in [-0.4, -0.2) is 59.7 Å². The summed E-state index contributed by atoms with van der Waals surface area (Å²) in [5.41, 5.74) is -0.980. The van der Waals surface area contributed by atoms with Crippen LogP contribution in [-0.2, 0) is 20.5 Å². The van der Waals surface area contributed by atoms with Gasteiger partial charge in [-0.2, -0.15) is 13.2 Å².